The fourth-order valence-electron chi connectivity index (χ4n) is 4.53. The first-order valence-corrected chi connectivity index (χ1v) is 11.6. The first-order valence-electron chi connectivity index (χ1n) is 10.9. The van der Waals surface area contributed by atoms with Crippen molar-refractivity contribution in [2.75, 3.05) is 7.11 Å². The number of hydrogen-bond donors (Lipinski definition) is 0. The van der Waals surface area contributed by atoms with Crippen molar-refractivity contribution >= 4 is 29.0 Å². The average Bonchev–Trinajstić information content (AvgIpc) is 3.18. The van der Waals surface area contributed by atoms with E-state index in [-0.39, 0.29) is 30.6 Å². The molecule has 1 heterocycles. The van der Waals surface area contributed by atoms with Gasteiger partial charge in [0.2, 0.25) is 0 Å². The maximum absolute atomic E-state index is 12.3. The molecule has 0 aliphatic carbocycles. The van der Waals surface area contributed by atoms with E-state index >= 15 is 0 Å². The van der Waals surface area contributed by atoms with Crippen LogP contribution in [-0.2, 0) is 23.7 Å². The summed E-state index contributed by atoms with van der Waals surface area (Å²) in [5.41, 5.74) is 2.52. The van der Waals surface area contributed by atoms with E-state index in [1.165, 1.54) is 0 Å². The molecule has 6 heteroatoms. The summed E-state index contributed by atoms with van der Waals surface area (Å²) in [4.78, 5) is 24.6. The summed E-state index contributed by atoms with van der Waals surface area (Å²) in [5.74, 6) is -1.01. The summed E-state index contributed by atoms with van der Waals surface area (Å²) < 4.78 is 11.4. The Morgan fingerprint density at radius 1 is 0.818 bits per heavy atom. The lowest BCUT2D eigenvalue weighted by Crippen LogP contribution is -2.42. The molecule has 0 aromatic heterocycles. The zero-order valence-corrected chi connectivity index (χ0v) is 19.5. The van der Waals surface area contributed by atoms with Gasteiger partial charge in [-0.25, -0.2) is 0 Å². The number of carbonyl (C=O) groups excluding carboxylic acids is 3. The van der Waals surface area contributed by atoms with Crippen LogP contribution in [0.15, 0.2) is 91.0 Å². The highest BCUT2D eigenvalue weighted by Crippen LogP contribution is 2.47. The molecule has 1 aliphatic heterocycles. The number of carbonyl (C=O) groups is 2. The molecular weight excluding hydrogens is 434 g/mol. The molecule has 1 saturated heterocycles. The third-order valence-electron chi connectivity index (χ3n) is 6.04. The van der Waals surface area contributed by atoms with Crippen LogP contribution in [0.5, 0.6) is 0 Å². The van der Waals surface area contributed by atoms with Gasteiger partial charge in [-0.05, 0) is 23.6 Å². The SMILES string of the molecule is COSC(=[O+]N1C(=O)CCC1=O)C(C)C(c1ccccc1)(c1ccccc1)c1ccccc1. The minimum absolute atomic E-state index is 0.152. The van der Waals surface area contributed by atoms with Crippen LogP contribution < -0.4 is 0 Å². The molecule has 0 radical (unpaired) electrons. The van der Waals surface area contributed by atoms with Crippen LogP contribution in [0.2, 0.25) is 0 Å². The third kappa shape index (κ3) is 4.36. The maximum atomic E-state index is 12.3. The summed E-state index contributed by atoms with van der Waals surface area (Å²) in [6, 6.07) is 30.6. The van der Waals surface area contributed by atoms with E-state index in [2.05, 4.69) is 36.4 Å². The lowest BCUT2D eigenvalue weighted by molar-refractivity contribution is -0.600. The first kappa shape index (κ1) is 23.0. The van der Waals surface area contributed by atoms with Gasteiger partial charge in [0.25, 0.3) is 0 Å². The van der Waals surface area contributed by atoms with Gasteiger partial charge in [0, 0.05) is 12.8 Å². The second-order valence-electron chi connectivity index (χ2n) is 7.87. The molecular formula is C27H26NO4S+. The molecule has 1 aliphatic rings. The van der Waals surface area contributed by atoms with Gasteiger partial charge in [-0.3, -0.25) is 9.59 Å². The Labute approximate surface area is 198 Å². The van der Waals surface area contributed by atoms with Crippen molar-refractivity contribution in [1.29, 1.82) is 0 Å². The van der Waals surface area contributed by atoms with Gasteiger partial charge in [0.15, 0.2) is 0 Å². The summed E-state index contributed by atoms with van der Waals surface area (Å²) in [5, 5.41) is 1.31. The second-order valence-corrected chi connectivity index (χ2v) is 8.77. The van der Waals surface area contributed by atoms with Crippen molar-refractivity contribution in [2.24, 2.45) is 5.92 Å². The normalized spacial score (nSPS) is 15.7. The molecule has 3 aromatic carbocycles. The Kier molecular flexibility index (Phi) is 7.06. The highest BCUT2D eigenvalue weighted by atomic mass is 32.2. The molecule has 0 saturated carbocycles. The lowest BCUT2D eigenvalue weighted by Gasteiger charge is -2.38. The predicted molar refractivity (Wildman–Crippen MR) is 129 cm³/mol. The van der Waals surface area contributed by atoms with E-state index in [1.807, 2.05) is 61.5 Å². The molecule has 2 amide bonds. The standard InChI is InChI=1S/C27H26NO4S/c1-20(26(33-31-2)32-28-24(29)18-19-25(28)30)27(21-12-6-3-7-13-21,22-14-8-4-9-15-22)23-16-10-5-11-17-23/h3-17,20H,18-19H2,1-2H3/q+1. The molecule has 168 valence electrons. The summed E-state index contributed by atoms with van der Waals surface area (Å²) in [7, 11) is 1.55. The Hall–Kier alpha value is -3.22. The quantitative estimate of drug-likeness (QED) is 0.214. The molecule has 33 heavy (non-hydrogen) atoms. The molecule has 0 N–H and O–H groups in total. The van der Waals surface area contributed by atoms with Crippen molar-refractivity contribution in [1.82, 2.24) is 5.06 Å². The van der Waals surface area contributed by atoms with E-state index in [9.17, 15) is 9.59 Å². The van der Waals surface area contributed by atoms with E-state index < -0.39 is 5.41 Å². The number of rotatable bonds is 7. The van der Waals surface area contributed by atoms with Crippen LogP contribution in [-0.4, -0.2) is 29.1 Å². The molecule has 5 nitrogen and oxygen atoms in total. The van der Waals surface area contributed by atoms with Crippen molar-refractivity contribution in [2.45, 2.75) is 25.2 Å². The summed E-state index contributed by atoms with van der Waals surface area (Å²) in [6.45, 7) is 2.04. The van der Waals surface area contributed by atoms with E-state index in [1.54, 1.807) is 7.11 Å². The first-order chi connectivity index (χ1) is 16.1. The Morgan fingerprint density at radius 3 is 1.58 bits per heavy atom. The van der Waals surface area contributed by atoms with E-state index in [0.717, 1.165) is 33.8 Å². The zero-order chi connectivity index (χ0) is 23.3. The second kappa shape index (κ2) is 10.1. The topological polar surface area (TPSA) is 57.9 Å². The van der Waals surface area contributed by atoms with Crippen LogP contribution >= 0.6 is 12.0 Å². The monoisotopic (exact) mass is 460 g/mol. The van der Waals surface area contributed by atoms with Crippen LogP contribution in [0.4, 0.5) is 0 Å². The van der Waals surface area contributed by atoms with E-state index in [4.69, 9.17) is 8.71 Å². The third-order valence-corrected chi connectivity index (χ3v) is 6.80. The van der Waals surface area contributed by atoms with Crippen LogP contribution in [0.25, 0.3) is 0 Å². The van der Waals surface area contributed by atoms with Crippen molar-refractivity contribution in [3.05, 3.63) is 108 Å². The van der Waals surface area contributed by atoms with Crippen molar-refractivity contribution in [3.63, 3.8) is 0 Å². The molecule has 1 atom stereocenters. The predicted octanol–water partition coefficient (Wildman–Crippen LogP) is 5.08. The molecule has 1 unspecified atom stereocenters. The molecule has 1 fully saturated rings. The maximum Gasteiger partial charge on any atom is 0.438 e. The molecule has 0 bridgehead atoms. The van der Waals surface area contributed by atoms with Gasteiger partial charge in [0.05, 0.1) is 17.6 Å². The number of hydrogen-bond acceptors (Lipinski definition) is 4. The van der Waals surface area contributed by atoms with Gasteiger partial charge >= 0.3 is 16.9 Å². The Balaban J connectivity index is 1.99. The van der Waals surface area contributed by atoms with E-state index in [0.29, 0.717) is 5.12 Å². The molecule has 4 rings (SSSR count). The van der Waals surface area contributed by atoms with Gasteiger partial charge in [-0.2, -0.15) is 0 Å². The highest BCUT2D eigenvalue weighted by Gasteiger charge is 2.51. The number of nitrogens with zero attached hydrogens (tertiary/aromatic N) is 1. The van der Waals surface area contributed by atoms with Gasteiger partial charge in [-0.1, -0.05) is 95.5 Å². The minimum Gasteiger partial charge on any atom is -0.307 e. The van der Waals surface area contributed by atoms with Crippen molar-refractivity contribution in [3.8, 4) is 0 Å². The minimum atomic E-state index is -0.670. The van der Waals surface area contributed by atoms with Gasteiger partial charge < -0.3 is 4.18 Å². The van der Waals surface area contributed by atoms with Crippen LogP contribution in [0.3, 0.4) is 0 Å². The fourth-order valence-corrected chi connectivity index (χ4v) is 5.12. The Morgan fingerprint density at radius 2 is 1.21 bits per heavy atom. The Bertz CT molecular complexity index is 1020. The number of imide groups is 1. The molecule has 3 aromatic rings. The number of benzene rings is 3. The van der Waals surface area contributed by atoms with Crippen molar-refractivity contribution < 1.29 is 18.3 Å². The summed E-state index contributed by atoms with van der Waals surface area (Å²) >= 11 is 1.03. The average molecular weight is 461 g/mol. The zero-order valence-electron chi connectivity index (χ0n) is 18.6. The number of amides is 2. The largest absolute Gasteiger partial charge is 0.438 e. The van der Waals surface area contributed by atoms with Crippen LogP contribution in [0.1, 0.15) is 36.5 Å². The smallest absolute Gasteiger partial charge is 0.307 e. The summed E-state index contributed by atoms with van der Waals surface area (Å²) in [6.07, 6.45) is 0.304. The number of hydroxylamine groups is 2. The lowest BCUT2D eigenvalue weighted by atomic mass is 9.62. The van der Waals surface area contributed by atoms with Gasteiger partial charge in [-0.15, -0.1) is 0 Å². The molecule has 0 spiro atoms. The van der Waals surface area contributed by atoms with Gasteiger partial charge in [0.1, 0.15) is 18.0 Å². The fraction of sp³-hybridized carbons (Fsp3) is 0.222. The highest BCUT2D eigenvalue weighted by molar-refractivity contribution is 8.09. The van der Waals surface area contributed by atoms with Crippen LogP contribution in [0, 0.1) is 5.92 Å².